The van der Waals surface area contributed by atoms with Crippen molar-refractivity contribution < 1.29 is 5.11 Å². The van der Waals surface area contributed by atoms with E-state index in [0.717, 1.165) is 5.65 Å². The Morgan fingerprint density at radius 3 is 2.76 bits per heavy atom. The van der Waals surface area contributed by atoms with E-state index in [1.165, 1.54) is 6.33 Å². The van der Waals surface area contributed by atoms with Gasteiger partial charge < -0.3 is 9.51 Å². The van der Waals surface area contributed by atoms with E-state index in [1.807, 2.05) is 28.8 Å². The zero-order chi connectivity index (χ0) is 11.7. The van der Waals surface area contributed by atoms with Crippen LogP contribution in [0.5, 0.6) is 0 Å². The van der Waals surface area contributed by atoms with Crippen molar-refractivity contribution in [3.05, 3.63) is 60.6 Å². The highest BCUT2D eigenvalue weighted by Crippen LogP contribution is 2.19. The second-order valence-electron chi connectivity index (χ2n) is 3.71. The van der Waals surface area contributed by atoms with Crippen molar-refractivity contribution in [1.82, 2.24) is 19.4 Å². The number of hydrogen-bond acceptors (Lipinski definition) is 4. The van der Waals surface area contributed by atoms with E-state index < -0.39 is 6.10 Å². The Bertz CT molecular complexity index is 602. The summed E-state index contributed by atoms with van der Waals surface area (Å²) in [5.74, 6) is 0. The van der Waals surface area contributed by atoms with Crippen LogP contribution in [0, 0.1) is 0 Å². The molecular formula is C12H10N4O. The van der Waals surface area contributed by atoms with Crippen molar-refractivity contribution in [2.45, 2.75) is 6.10 Å². The number of aromatic nitrogens is 4. The Morgan fingerprint density at radius 2 is 2.00 bits per heavy atom. The van der Waals surface area contributed by atoms with Gasteiger partial charge in [0.1, 0.15) is 18.1 Å². The third kappa shape index (κ3) is 1.76. The van der Waals surface area contributed by atoms with Crippen LogP contribution in [0.2, 0.25) is 0 Å². The molecule has 0 fully saturated rings. The topological polar surface area (TPSA) is 63.3 Å². The lowest BCUT2D eigenvalue weighted by Gasteiger charge is -2.05. The molecule has 0 aromatic carbocycles. The van der Waals surface area contributed by atoms with Gasteiger partial charge in [-0.05, 0) is 12.1 Å². The smallest absolute Gasteiger partial charge is 0.137 e. The highest BCUT2D eigenvalue weighted by molar-refractivity contribution is 5.40. The fraction of sp³-hybridized carbons (Fsp3) is 0.0833. The zero-order valence-electron chi connectivity index (χ0n) is 8.93. The Morgan fingerprint density at radius 1 is 1.18 bits per heavy atom. The molecule has 3 aromatic heterocycles. The van der Waals surface area contributed by atoms with E-state index in [-0.39, 0.29) is 0 Å². The molecule has 1 unspecified atom stereocenters. The fourth-order valence-electron chi connectivity index (χ4n) is 1.71. The molecule has 0 aliphatic heterocycles. The lowest BCUT2D eigenvalue weighted by Crippen LogP contribution is -2.00. The molecule has 3 heterocycles. The molecule has 17 heavy (non-hydrogen) atoms. The molecule has 0 aliphatic carbocycles. The predicted molar refractivity (Wildman–Crippen MR) is 61.3 cm³/mol. The lowest BCUT2D eigenvalue weighted by molar-refractivity contribution is 0.215. The summed E-state index contributed by atoms with van der Waals surface area (Å²) in [6.45, 7) is 0. The maximum Gasteiger partial charge on any atom is 0.137 e. The number of hydrogen-bond donors (Lipinski definition) is 1. The minimum Gasteiger partial charge on any atom is -0.382 e. The minimum atomic E-state index is -0.795. The number of pyridine rings is 1. The molecule has 5 nitrogen and oxygen atoms in total. The second kappa shape index (κ2) is 3.95. The molecule has 84 valence electrons. The van der Waals surface area contributed by atoms with Gasteiger partial charge in [-0.2, -0.15) is 0 Å². The van der Waals surface area contributed by atoms with Crippen LogP contribution in [0.25, 0.3) is 5.65 Å². The molecular weight excluding hydrogens is 216 g/mol. The molecule has 0 bridgehead atoms. The van der Waals surface area contributed by atoms with Gasteiger partial charge in [0.05, 0.1) is 5.69 Å². The summed E-state index contributed by atoms with van der Waals surface area (Å²) in [7, 11) is 0. The zero-order valence-corrected chi connectivity index (χ0v) is 8.93. The average Bonchev–Trinajstić information content (AvgIpc) is 2.82. The van der Waals surface area contributed by atoms with Gasteiger partial charge in [-0.25, -0.2) is 15.0 Å². The molecule has 0 amide bonds. The van der Waals surface area contributed by atoms with Gasteiger partial charge in [-0.1, -0.05) is 6.07 Å². The van der Waals surface area contributed by atoms with Crippen molar-refractivity contribution in [2.24, 2.45) is 0 Å². The molecule has 0 saturated carbocycles. The Labute approximate surface area is 97.4 Å². The van der Waals surface area contributed by atoms with Gasteiger partial charge in [-0.15, -0.1) is 0 Å². The maximum atomic E-state index is 10.1. The molecule has 0 saturated heterocycles. The standard InChI is InChI=1S/C12H10N4O/c17-12(9-5-13-8-14-6-9)10-7-16-4-2-1-3-11(16)15-10/h1-8,12,17H. The van der Waals surface area contributed by atoms with Crippen LogP contribution in [0.15, 0.2) is 49.3 Å². The summed E-state index contributed by atoms with van der Waals surface area (Å²) in [4.78, 5) is 12.1. The molecule has 5 heteroatoms. The number of aliphatic hydroxyl groups is 1. The Kier molecular flexibility index (Phi) is 2.31. The fourth-order valence-corrected chi connectivity index (χ4v) is 1.71. The van der Waals surface area contributed by atoms with Gasteiger partial charge in [0.2, 0.25) is 0 Å². The van der Waals surface area contributed by atoms with Crippen molar-refractivity contribution >= 4 is 5.65 Å². The number of fused-ring (bicyclic) bond motifs is 1. The SMILES string of the molecule is OC(c1cncnc1)c1cn2ccccc2n1. The first-order valence-corrected chi connectivity index (χ1v) is 5.21. The third-order valence-corrected chi connectivity index (χ3v) is 2.56. The molecule has 1 N–H and O–H groups in total. The molecule has 0 aliphatic rings. The van der Waals surface area contributed by atoms with Gasteiger partial charge in [0, 0.05) is 30.4 Å². The lowest BCUT2D eigenvalue weighted by atomic mass is 10.1. The maximum absolute atomic E-state index is 10.1. The second-order valence-corrected chi connectivity index (χ2v) is 3.71. The summed E-state index contributed by atoms with van der Waals surface area (Å²) >= 11 is 0. The van der Waals surface area contributed by atoms with Crippen LogP contribution < -0.4 is 0 Å². The van der Waals surface area contributed by atoms with Gasteiger partial charge in [0.15, 0.2) is 0 Å². The van der Waals surface area contributed by atoms with Crippen LogP contribution in [0.1, 0.15) is 17.4 Å². The summed E-state index contributed by atoms with van der Waals surface area (Å²) in [5, 5.41) is 10.1. The first-order chi connectivity index (χ1) is 8.34. The third-order valence-electron chi connectivity index (χ3n) is 2.56. The summed E-state index contributed by atoms with van der Waals surface area (Å²) in [6, 6.07) is 5.71. The van der Waals surface area contributed by atoms with E-state index in [4.69, 9.17) is 0 Å². The van der Waals surface area contributed by atoms with Crippen LogP contribution in [0.3, 0.4) is 0 Å². The normalized spacial score (nSPS) is 12.8. The number of imidazole rings is 1. The minimum absolute atomic E-state index is 0.589. The number of aliphatic hydroxyl groups excluding tert-OH is 1. The highest BCUT2D eigenvalue weighted by Gasteiger charge is 2.14. The molecule has 0 radical (unpaired) electrons. The van der Waals surface area contributed by atoms with E-state index in [9.17, 15) is 5.11 Å². The van der Waals surface area contributed by atoms with Crippen molar-refractivity contribution in [3.63, 3.8) is 0 Å². The largest absolute Gasteiger partial charge is 0.382 e. The van der Waals surface area contributed by atoms with Crippen molar-refractivity contribution in [3.8, 4) is 0 Å². The van der Waals surface area contributed by atoms with Gasteiger partial charge in [0.25, 0.3) is 0 Å². The van der Waals surface area contributed by atoms with E-state index in [0.29, 0.717) is 11.3 Å². The number of rotatable bonds is 2. The summed E-state index contributed by atoms with van der Waals surface area (Å²) < 4.78 is 1.86. The molecule has 0 spiro atoms. The van der Waals surface area contributed by atoms with Crippen molar-refractivity contribution in [2.75, 3.05) is 0 Å². The molecule has 1 atom stereocenters. The van der Waals surface area contributed by atoms with Crippen LogP contribution >= 0.6 is 0 Å². The Balaban J connectivity index is 2.04. The first-order valence-electron chi connectivity index (χ1n) is 5.21. The van der Waals surface area contributed by atoms with Crippen LogP contribution in [-0.2, 0) is 0 Å². The quantitative estimate of drug-likeness (QED) is 0.713. The van der Waals surface area contributed by atoms with Crippen molar-refractivity contribution in [1.29, 1.82) is 0 Å². The van der Waals surface area contributed by atoms with Crippen LogP contribution in [0.4, 0.5) is 0 Å². The monoisotopic (exact) mass is 226 g/mol. The highest BCUT2D eigenvalue weighted by atomic mass is 16.3. The molecule has 3 aromatic rings. The number of nitrogens with zero attached hydrogens (tertiary/aromatic N) is 4. The van der Waals surface area contributed by atoms with Crippen LogP contribution in [-0.4, -0.2) is 24.5 Å². The first kappa shape index (κ1) is 9.92. The van der Waals surface area contributed by atoms with E-state index in [1.54, 1.807) is 18.6 Å². The molecule has 3 rings (SSSR count). The van der Waals surface area contributed by atoms with E-state index >= 15 is 0 Å². The van der Waals surface area contributed by atoms with E-state index in [2.05, 4.69) is 15.0 Å². The van der Waals surface area contributed by atoms with Gasteiger partial charge in [-0.3, -0.25) is 0 Å². The van der Waals surface area contributed by atoms with Gasteiger partial charge >= 0.3 is 0 Å². The summed E-state index contributed by atoms with van der Waals surface area (Å²) in [6.07, 6.45) is 7.49. The summed E-state index contributed by atoms with van der Waals surface area (Å²) in [5.41, 5.74) is 2.03. The average molecular weight is 226 g/mol. The Hall–Kier alpha value is -2.27. The predicted octanol–water partition coefficient (Wildman–Crippen LogP) is 1.21.